The Bertz CT molecular complexity index is 827. The van der Waals surface area contributed by atoms with Crippen LogP contribution >= 0.6 is 11.6 Å². The summed E-state index contributed by atoms with van der Waals surface area (Å²) in [5.41, 5.74) is 2.26. The number of aromatic nitrogens is 2. The Morgan fingerprint density at radius 3 is 2.15 bits per heavy atom. The van der Waals surface area contributed by atoms with Crippen molar-refractivity contribution in [2.24, 2.45) is 0 Å². The zero-order valence-electron chi connectivity index (χ0n) is 14.5. The lowest BCUT2D eigenvalue weighted by Crippen LogP contribution is -2.45. The fourth-order valence-corrected chi connectivity index (χ4v) is 3.29. The molecule has 1 aromatic heterocycles. The minimum Gasteiger partial charge on any atom is -0.419 e. The number of rotatable bonds is 5. The summed E-state index contributed by atoms with van der Waals surface area (Å²) in [7, 11) is 0. The van der Waals surface area contributed by atoms with Crippen LogP contribution in [-0.2, 0) is 13.1 Å². The van der Waals surface area contributed by atoms with Crippen molar-refractivity contribution in [1.29, 1.82) is 0 Å². The summed E-state index contributed by atoms with van der Waals surface area (Å²) in [5, 5.41) is 9.04. The topological polar surface area (TPSA) is 45.4 Å². The lowest BCUT2D eigenvalue weighted by Gasteiger charge is -2.33. The normalized spacial score (nSPS) is 16.0. The summed E-state index contributed by atoms with van der Waals surface area (Å²) in [5.74, 6) is 1.20. The van der Waals surface area contributed by atoms with Crippen LogP contribution in [-0.4, -0.2) is 46.2 Å². The Morgan fingerprint density at radius 1 is 0.808 bits per heavy atom. The first-order chi connectivity index (χ1) is 12.8. The van der Waals surface area contributed by atoms with Crippen LogP contribution in [0.15, 0.2) is 59.0 Å². The molecule has 1 aliphatic heterocycles. The van der Waals surface area contributed by atoms with Gasteiger partial charge in [0.25, 0.3) is 0 Å². The lowest BCUT2D eigenvalue weighted by atomic mass is 10.2. The van der Waals surface area contributed by atoms with Gasteiger partial charge in [-0.25, -0.2) is 0 Å². The van der Waals surface area contributed by atoms with Gasteiger partial charge in [0.05, 0.1) is 6.54 Å². The summed E-state index contributed by atoms with van der Waals surface area (Å²) >= 11 is 5.92. The van der Waals surface area contributed by atoms with Gasteiger partial charge in [0.15, 0.2) is 0 Å². The summed E-state index contributed by atoms with van der Waals surface area (Å²) in [6.45, 7) is 5.81. The zero-order valence-corrected chi connectivity index (χ0v) is 15.3. The molecule has 2 aromatic carbocycles. The maximum Gasteiger partial charge on any atom is 0.247 e. The maximum atomic E-state index is 5.92. The highest BCUT2D eigenvalue weighted by Crippen LogP contribution is 2.21. The Kier molecular flexibility index (Phi) is 5.29. The predicted molar refractivity (Wildman–Crippen MR) is 102 cm³/mol. The van der Waals surface area contributed by atoms with Crippen molar-refractivity contribution in [2.45, 2.75) is 13.1 Å². The summed E-state index contributed by atoms with van der Waals surface area (Å²) in [6, 6.07) is 18.1. The first-order valence-electron chi connectivity index (χ1n) is 8.83. The molecule has 6 heteroatoms. The molecule has 2 heterocycles. The minimum absolute atomic E-state index is 0.541. The van der Waals surface area contributed by atoms with Crippen LogP contribution in [0.5, 0.6) is 0 Å². The summed E-state index contributed by atoms with van der Waals surface area (Å²) in [4.78, 5) is 4.85. The Morgan fingerprint density at radius 2 is 1.46 bits per heavy atom. The quantitative estimate of drug-likeness (QED) is 0.687. The molecule has 0 radical (unpaired) electrons. The van der Waals surface area contributed by atoms with Gasteiger partial charge < -0.3 is 4.42 Å². The van der Waals surface area contributed by atoms with Gasteiger partial charge >= 0.3 is 0 Å². The number of nitrogens with zero attached hydrogens (tertiary/aromatic N) is 4. The molecule has 0 amide bonds. The van der Waals surface area contributed by atoms with Crippen LogP contribution in [0.2, 0.25) is 5.02 Å². The average molecular weight is 369 g/mol. The van der Waals surface area contributed by atoms with Crippen molar-refractivity contribution >= 4 is 11.6 Å². The molecule has 0 bridgehead atoms. The van der Waals surface area contributed by atoms with E-state index >= 15 is 0 Å². The molecule has 134 valence electrons. The Hall–Kier alpha value is -2.21. The second-order valence-corrected chi connectivity index (χ2v) is 6.98. The highest BCUT2D eigenvalue weighted by Gasteiger charge is 2.19. The summed E-state index contributed by atoms with van der Waals surface area (Å²) in [6.07, 6.45) is 0. The van der Waals surface area contributed by atoms with E-state index in [-0.39, 0.29) is 0 Å². The third-order valence-corrected chi connectivity index (χ3v) is 4.88. The highest BCUT2D eigenvalue weighted by molar-refractivity contribution is 6.30. The van der Waals surface area contributed by atoms with E-state index in [0.29, 0.717) is 23.3 Å². The molecular weight excluding hydrogens is 348 g/mol. The lowest BCUT2D eigenvalue weighted by molar-refractivity contribution is 0.114. The van der Waals surface area contributed by atoms with Crippen molar-refractivity contribution in [3.05, 3.63) is 71.1 Å². The fourth-order valence-electron chi connectivity index (χ4n) is 3.17. The van der Waals surface area contributed by atoms with Crippen molar-refractivity contribution in [3.63, 3.8) is 0 Å². The molecule has 0 aliphatic carbocycles. The van der Waals surface area contributed by atoms with E-state index in [0.717, 1.165) is 38.3 Å². The molecule has 3 aromatic rings. The van der Waals surface area contributed by atoms with Crippen LogP contribution in [0.1, 0.15) is 11.5 Å². The van der Waals surface area contributed by atoms with Crippen LogP contribution in [0.4, 0.5) is 0 Å². The predicted octanol–water partition coefficient (Wildman–Crippen LogP) is 3.71. The van der Waals surface area contributed by atoms with E-state index in [9.17, 15) is 0 Å². The molecule has 26 heavy (non-hydrogen) atoms. The Balaban J connectivity index is 1.30. The second kappa shape index (κ2) is 7.99. The standard InChI is InChI=1S/C20H21ClN4O/c21-18-8-6-17(7-9-18)20-23-22-19(26-20)15-25-12-10-24(11-13-25)14-16-4-2-1-3-5-16/h1-9H,10-15H2. The number of hydrogen-bond acceptors (Lipinski definition) is 5. The van der Waals surface area contributed by atoms with Crippen molar-refractivity contribution < 1.29 is 4.42 Å². The third-order valence-electron chi connectivity index (χ3n) is 4.63. The number of benzene rings is 2. The van der Waals surface area contributed by atoms with Crippen molar-refractivity contribution in [2.75, 3.05) is 26.2 Å². The van der Waals surface area contributed by atoms with Crippen molar-refractivity contribution in [1.82, 2.24) is 20.0 Å². The second-order valence-electron chi connectivity index (χ2n) is 6.55. The minimum atomic E-state index is 0.541. The van der Waals surface area contributed by atoms with Crippen LogP contribution in [0.3, 0.4) is 0 Å². The fraction of sp³-hybridized carbons (Fsp3) is 0.300. The van der Waals surface area contributed by atoms with E-state index in [1.807, 2.05) is 24.3 Å². The molecule has 1 saturated heterocycles. The van der Waals surface area contributed by atoms with E-state index in [1.54, 1.807) is 0 Å². The molecule has 0 atom stereocenters. The van der Waals surface area contributed by atoms with E-state index < -0.39 is 0 Å². The zero-order chi connectivity index (χ0) is 17.8. The van der Waals surface area contributed by atoms with Gasteiger partial charge in [-0.3, -0.25) is 9.80 Å². The van der Waals surface area contributed by atoms with Crippen molar-refractivity contribution in [3.8, 4) is 11.5 Å². The summed E-state index contributed by atoms with van der Waals surface area (Å²) < 4.78 is 5.81. The molecule has 0 N–H and O–H groups in total. The number of hydrogen-bond donors (Lipinski definition) is 0. The number of piperazine rings is 1. The molecule has 0 spiro atoms. The van der Waals surface area contributed by atoms with E-state index in [1.165, 1.54) is 5.56 Å². The monoisotopic (exact) mass is 368 g/mol. The first-order valence-corrected chi connectivity index (χ1v) is 9.21. The van der Waals surface area contributed by atoms with Crippen LogP contribution in [0, 0.1) is 0 Å². The van der Waals surface area contributed by atoms with Gasteiger partial charge in [0.2, 0.25) is 11.8 Å². The van der Waals surface area contributed by atoms with Gasteiger partial charge in [-0.2, -0.15) is 0 Å². The molecule has 1 aliphatic rings. The molecule has 0 unspecified atom stereocenters. The average Bonchev–Trinajstić information content (AvgIpc) is 3.13. The largest absolute Gasteiger partial charge is 0.419 e. The van der Waals surface area contributed by atoms with Gasteiger partial charge in [0.1, 0.15) is 0 Å². The smallest absolute Gasteiger partial charge is 0.247 e. The molecule has 0 saturated carbocycles. The van der Waals surface area contributed by atoms with E-state index in [2.05, 4.69) is 50.3 Å². The molecule has 1 fully saturated rings. The first kappa shape index (κ1) is 17.2. The van der Waals surface area contributed by atoms with E-state index in [4.69, 9.17) is 16.0 Å². The van der Waals surface area contributed by atoms with Crippen LogP contribution in [0.25, 0.3) is 11.5 Å². The van der Waals surface area contributed by atoms with Crippen LogP contribution < -0.4 is 0 Å². The molecular formula is C20H21ClN4O. The van der Waals surface area contributed by atoms with Gasteiger partial charge in [-0.15, -0.1) is 10.2 Å². The van der Waals surface area contributed by atoms with Gasteiger partial charge in [-0.1, -0.05) is 41.9 Å². The van der Waals surface area contributed by atoms with Gasteiger partial charge in [-0.05, 0) is 29.8 Å². The van der Waals surface area contributed by atoms with Gasteiger partial charge in [0, 0.05) is 43.3 Å². The third kappa shape index (κ3) is 4.30. The highest BCUT2D eigenvalue weighted by atomic mass is 35.5. The maximum absolute atomic E-state index is 5.92. The molecule has 5 nitrogen and oxygen atoms in total. The SMILES string of the molecule is Clc1ccc(-c2nnc(CN3CCN(Cc4ccccc4)CC3)o2)cc1. The number of halogens is 1. The Labute approximate surface area is 158 Å². The molecule has 4 rings (SSSR count).